The fraction of sp³-hybridized carbons (Fsp3) is 0.0714. The van der Waals surface area contributed by atoms with E-state index in [4.69, 9.17) is 5.73 Å². The molecule has 0 atom stereocenters. The van der Waals surface area contributed by atoms with E-state index in [1.54, 1.807) is 11.3 Å². The van der Waals surface area contributed by atoms with Crippen LogP contribution in [0.5, 0.6) is 0 Å². The second-order valence-corrected chi connectivity index (χ2v) is 8.89. The third-order valence-electron chi connectivity index (χ3n) is 2.95. The number of hydrogen-bond acceptors (Lipinski definition) is 4. The number of halogens is 2. The first-order chi connectivity index (χ1) is 10.0. The maximum Gasteiger partial charge on any atom is 0.263 e. The number of anilines is 1. The lowest BCUT2D eigenvalue weighted by molar-refractivity contribution is 0.0956. The first kappa shape index (κ1) is 15.0. The van der Waals surface area contributed by atoms with Crippen LogP contribution in [0.1, 0.15) is 14.5 Å². The van der Waals surface area contributed by atoms with Gasteiger partial charge in [-0.05, 0) is 46.3 Å². The number of benzene rings is 1. The lowest BCUT2D eigenvalue weighted by atomic mass is 10.2. The second-order valence-electron chi connectivity index (χ2n) is 4.37. The van der Waals surface area contributed by atoms with E-state index in [-0.39, 0.29) is 5.91 Å². The van der Waals surface area contributed by atoms with E-state index in [0.717, 1.165) is 23.2 Å². The zero-order valence-electron chi connectivity index (χ0n) is 10.7. The van der Waals surface area contributed by atoms with Crippen molar-refractivity contribution in [2.45, 2.75) is 6.54 Å². The standard InChI is InChI=1S/C14H10Br2N2OS2/c15-7-1-3-10-9(5-7)12(17)13(21-10)14(19)18-6-8-2-4-11(16)20-8/h1-5H,6,17H2,(H,18,19). The van der Waals surface area contributed by atoms with Gasteiger partial charge in [0.05, 0.1) is 16.0 Å². The van der Waals surface area contributed by atoms with Gasteiger partial charge in [-0.3, -0.25) is 4.79 Å². The molecule has 7 heteroatoms. The van der Waals surface area contributed by atoms with Gasteiger partial charge in [0.1, 0.15) is 4.88 Å². The summed E-state index contributed by atoms with van der Waals surface area (Å²) in [5.41, 5.74) is 6.65. The predicted molar refractivity (Wildman–Crippen MR) is 97.1 cm³/mol. The summed E-state index contributed by atoms with van der Waals surface area (Å²) in [6.45, 7) is 0.506. The number of rotatable bonds is 3. The van der Waals surface area contributed by atoms with Crippen LogP contribution in [-0.2, 0) is 6.54 Å². The highest BCUT2D eigenvalue weighted by Gasteiger charge is 2.16. The summed E-state index contributed by atoms with van der Waals surface area (Å²) in [5.74, 6) is -0.130. The fourth-order valence-electron chi connectivity index (χ4n) is 1.95. The molecule has 21 heavy (non-hydrogen) atoms. The molecule has 3 nitrogen and oxygen atoms in total. The van der Waals surface area contributed by atoms with Crippen LogP contribution in [-0.4, -0.2) is 5.91 Å². The average Bonchev–Trinajstić information content (AvgIpc) is 3.01. The Bertz CT molecular complexity index is 826. The molecule has 0 aliphatic carbocycles. The lowest BCUT2D eigenvalue weighted by Crippen LogP contribution is -2.22. The number of thiophene rings is 2. The molecule has 0 bridgehead atoms. The summed E-state index contributed by atoms with van der Waals surface area (Å²) in [6.07, 6.45) is 0. The fourth-order valence-corrected chi connectivity index (χ4v) is 4.76. The van der Waals surface area contributed by atoms with E-state index in [0.29, 0.717) is 17.1 Å². The SMILES string of the molecule is Nc1c(C(=O)NCc2ccc(Br)s2)sc2ccc(Br)cc12. The van der Waals surface area contributed by atoms with Gasteiger partial charge in [-0.1, -0.05) is 15.9 Å². The molecule has 0 aliphatic heterocycles. The molecule has 2 aromatic heterocycles. The largest absolute Gasteiger partial charge is 0.397 e. The molecule has 0 spiro atoms. The van der Waals surface area contributed by atoms with Crippen molar-refractivity contribution in [3.63, 3.8) is 0 Å². The number of fused-ring (bicyclic) bond motifs is 1. The van der Waals surface area contributed by atoms with Crippen molar-refractivity contribution in [1.82, 2.24) is 5.32 Å². The van der Waals surface area contributed by atoms with Crippen LogP contribution in [0.2, 0.25) is 0 Å². The van der Waals surface area contributed by atoms with E-state index in [2.05, 4.69) is 37.2 Å². The maximum atomic E-state index is 12.3. The Morgan fingerprint density at radius 1 is 1.19 bits per heavy atom. The van der Waals surface area contributed by atoms with Gasteiger partial charge < -0.3 is 11.1 Å². The van der Waals surface area contributed by atoms with E-state index < -0.39 is 0 Å². The summed E-state index contributed by atoms with van der Waals surface area (Å²) >= 11 is 9.85. The van der Waals surface area contributed by atoms with Crippen molar-refractivity contribution in [3.05, 3.63) is 48.3 Å². The van der Waals surface area contributed by atoms with E-state index >= 15 is 0 Å². The topological polar surface area (TPSA) is 55.1 Å². The maximum absolute atomic E-state index is 12.3. The van der Waals surface area contributed by atoms with E-state index in [1.807, 2.05) is 30.3 Å². The minimum atomic E-state index is -0.130. The highest BCUT2D eigenvalue weighted by Crippen LogP contribution is 2.35. The summed E-state index contributed by atoms with van der Waals surface area (Å²) in [6, 6.07) is 9.81. The molecule has 3 rings (SSSR count). The molecule has 108 valence electrons. The van der Waals surface area contributed by atoms with Crippen LogP contribution >= 0.6 is 54.5 Å². The number of nitrogens with two attached hydrogens (primary N) is 1. The second kappa shape index (κ2) is 6.08. The van der Waals surface area contributed by atoms with Gasteiger partial charge in [-0.2, -0.15) is 0 Å². The predicted octanol–water partition coefficient (Wildman–Crippen LogP) is 5.00. The molecule has 3 aromatic rings. The molecule has 0 aliphatic rings. The van der Waals surface area contributed by atoms with Gasteiger partial charge in [0, 0.05) is 19.4 Å². The highest BCUT2D eigenvalue weighted by molar-refractivity contribution is 9.11. The van der Waals surface area contributed by atoms with Crippen molar-refractivity contribution < 1.29 is 4.79 Å². The van der Waals surface area contributed by atoms with Crippen LogP contribution in [0.25, 0.3) is 10.1 Å². The number of carbonyl (C=O) groups is 1. The first-order valence-corrected chi connectivity index (χ1v) is 9.26. The van der Waals surface area contributed by atoms with Crippen molar-refractivity contribution in [2.24, 2.45) is 0 Å². The molecule has 0 radical (unpaired) electrons. The van der Waals surface area contributed by atoms with Crippen LogP contribution < -0.4 is 11.1 Å². The van der Waals surface area contributed by atoms with Gasteiger partial charge >= 0.3 is 0 Å². The quantitative estimate of drug-likeness (QED) is 0.595. The van der Waals surface area contributed by atoms with Crippen molar-refractivity contribution >= 4 is 76.2 Å². The Kier molecular flexibility index (Phi) is 4.35. The number of nitrogen functional groups attached to an aromatic ring is 1. The Balaban J connectivity index is 1.82. The Morgan fingerprint density at radius 3 is 2.71 bits per heavy atom. The first-order valence-electron chi connectivity index (χ1n) is 6.04. The number of nitrogens with one attached hydrogen (secondary N) is 1. The Labute approximate surface area is 146 Å². The van der Waals surface area contributed by atoms with E-state index in [9.17, 15) is 4.79 Å². The van der Waals surface area contributed by atoms with Gasteiger partial charge in [0.2, 0.25) is 0 Å². The van der Waals surface area contributed by atoms with Crippen LogP contribution in [0.3, 0.4) is 0 Å². The number of carbonyl (C=O) groups excluding carboxylic acids is 1. The monoisotopic (exact) mass is 444 g/mol. The van der Waals surface area contributed by atoms with Crippen LogP contribution in [0.15, 0.2) is 38.6 Å². The third-order valence-corrected chi connectivity index (χ3v) is 6.25. The third kappa shape index (κ3) is 3.15. The molecule has 0 unspecified atom stereocenters. The minimum Gasteiger partial charge on any atom is -0.397 e. The van der Waals surface area contributed by atoms with Crippen molar-refractivity contribution in [2.75, 3.05) is 5.73 Å². The smallest absolute Gasteiger partial charge is 0.263 e. The van der Waals surface area contributed by atoms with Gasteiger partial charge in [-0.25, -0.2) is 0 Å². The summed E-state index contributed by atoms with van der Waals surface area (Å²) in [7, 11) is 0. The molecule has 0 saturated heterocycles. The summed E-state index contributed by atoms with van der Waals surface area (Å²) in [4.78, 5) is 14.0. The van der Waals surface area contributed by atoms with Gasteiger partial charge in [0.15, 0.2) is 0 Å². The van der Waals surface area contributed by atoms with E-state index in [1.165, 1.54) is 11.3 Å². The van der Waals surface area contributed by atoms with Gasteiger partial charge in [0.25, 0.3) is 5.91 Å². The van der Waals surface area contributed by atoms with Crippen LogP contribution in [0, 0.1) is 0 Å². The normalized spacial score (nSPS) is 11.0. The zero-order chi connectivity index (χ0) is 15.0. The molecule has 1 aromatic carbocycles. The van der Waals surface area contributed by atoms with Gasteiger partial charge in [-0.15, -0.1) is 22.7 Å². The Morgan fingerprint density at radius 2 is 2.00 bits per heavy atom. The lowest BCUT2D eigenvalue weighted by Gasteiger charge is -2.02. The Hall–Kier alpha value is -0.890. The summed E-state index contributed by atoms with van der Waals surface area (Å²) in [5, 5.41) is 3.83. The number of amides is 1. The average molecular weight is 446 g/mol. The van der Waals surface area contributed by atoms with Crippen molar-refractivity contribution in [3.8, 4) is 0 Å². The number of hydrogen-bond donors (Lipinski definition) is 2. The van der Waals surface area contributed by atoms with Crippen LogP contribution in [0.4, 0.5) is 5.69 Å². The highest BCUT2D eigenvalue weighted by atomic mass is 79.9. The zero-order valence-corrected chi connectivity index (χ0v) is 15.5. The molecule has 1 amide bonds. The minimum absolute atomic E-state index is 0.130. The molecule has 0 saturated carbocycles. The molecular weight excluding hydrogens is 436 g/mol. The van der Waals surface area contributed by atoms with Crippen molar-refractivity contribution in [1.29, 1.82) is 0 Å². The molecule has 0 fully saturated rings. The molecule has 3 N–H and O–H groups in total. The summed E-state index contributed by atoms with van der Waals surface area (Å²) < 4.78 is 3.02. The molecule has 2 heterocycles. The molecular formula is C14H10Br2N2OS2.